The van der Waals surface area contributed by atoms with Gasteiger partial charge in [-0.15, -0.1) is 0 Å². The second-order valence-electron chi connectivity index (χ2n) is 5.94. The fourth-order valence-electron chi connectivity index (χ4n) is 3.32. The third-order valence-electron chi connectivity index (χ3n) is 4.69. The van der Waals surface area contributed by atoms with Crippen LogP contribution in [0.15, 0.2) is 0 Å². The predicted molar refractivity (Wildman–Crippen MR) is 61.5 cm³/mol. The van der Waals surface area contributed by atoms with Crippen molar-refractivity contribution in [1.29, 1.82) is 0 Å². The van der Waals surface area contributed by atoms with Crippen LogP contribution in [0.4, 0.5) is 0 Å². The molecule has 1 amide bonds. The first kappa shape index (κ1) is 11.0. The summed E-state index contributed by atoms with van der Waals surface area (Å²) in [5.41, 5.74) is 0.986. The van der Waals surface area contributed by atoms with Crippen molar-refractivity contribution in [3.8, 4) is 0 Å². The van der Waals surface area contributed by atoms with Gasteiger partial charge in [0.05, 0.1) is 0 Å². The van der Waals surface area contributed by atoms with Crippen molar-refractivity contribution in [2.24, 2.45) is 10.8 Å². The topological polar surface area (TPSA) is 29.1 Å². The monoisotopic (exact) mass is 209 g/mol. The summed E-state index contributed by atoms with van der Waals surface area (Å²) in [6, 6.07) is 0. The minimum Gasteiger partial charge on any atom is -0.356 e. The van der Waals surface area contributed by atoms with Gasteiger partial charge in [-0.25, -0.2) is 0 Å². The summed E-state index contributed by atoms with van der Waals surface area (Å²) in [5, 5.41) is 2.94. The van der Waals surface area contributed by atoms with Gasteiger partial charge in [0.1, 0.15) is 0 Å². The van der Waals surface area contributed by atoms with Crippen LogP contribution in [0.25, 0.3) is 0 Å². The van der Waals surface area contributed by atoms with E-state index in [0.717, 1.165) is 13.0 Å². The second kappa shape index (κ2) is 3.80. The molecule has 0 heterocycles. The predicted octanol–water partition coefficient (Wildman–Crippen LogP) is 2.87. The third kappa shape index (κ3) is 2.19. The van der Waals surface area contributed by atoms with Crippen molar-refractivity contribution in [3.05, 3.63) is 0 Å². The Balaban J connectivity index is 1.95. The number of hydrogen-bond donors (Lipinski definition) is 1. The van der Waals surface area contributed by atoms with Crippen LogP contribution >= 0.6 is 0 Å². The lowest BCUT2D eigenvalue weighted by molar-refractivity contribution is -0.126. The van der Waals surface area contributed by atoms with Crippen LogP contribution in [0.1, 0.15) is 58.8 Å². The molecule has 0 aromatic rings. The molecule has 0 unspecified atom stereocenters. The van der Waals surface area contributed by atoms with Gasteiger partial charge in [-0.2, -0.15) is 0 Å². The molecule has 0 aliphatic heterocycles. The highest BCUT2D eigenvalue weighted by Gasteiger charge is 2.46. The molecule has 0 atom stereocenters. The van der Waals surface area contributed by atoms with Gasteiger partial charge >= 0.3 is 0 Å². The molecule has 3 aliphatic carbocycles. The quantitative estimate of drug-likeness (QED) is 0.761. The molecule has 0 aromatic carbocycles. The van der Waals surface area contributed by atoms with E-state index in [2.05, 4.69) is 12.2 Å². The Morgan fingerprint density at radius 1 is 1.13 bits per heavy atom. The normalized spacial score (nSPS) is 39.1. The van der Waals surface area contributed by atoms with Crippen molar-refractivity contribution in [1.82, 2.24) is 5.32 Å². The molecule has 0 saturated heterocycles. The molecular weight excluding hydrogens is 186 g/mol. The van der Waals surface area contributed by atoms with E-state index in [9.17, 15) is 4.79 Å². The summed E-state index contributed by atoms with van der Waals surface area (Å²) in [4.78, 5) is 11.7. The average molecular weight is 209 g/mol. The Bertz CT molecular complexity index is 235. The van der Waals surface area contributed by atoms with E-state index in [1.807, 2.05) is 6.92 Å². The van der Waals surface area contributed by atoms with E-state index >= 15 is 0 Å². The number of carbonyl (C=O) groups is 1. The highest BCUT2D eigenvalue weighted by Crippen LogP contribution is 2.57. The standard InChI is InChI=1S/C13H23NO/c1-3-14-11(15)10-13-7-4-12(2,5-8-13)6-9-13/h3-10H2,1-2H3,(H,14,15). The van der Waals surface area contributed by atoms with Gasteiger partial charge in [0.2, 0.25) is 5.91 Å². The minimum absolute atomic E-state index is 0.267. The molecule has 0 aromatic heterocycles. The molecule has 86 valence electrons. The summed E-state index contributed by atoms with van der Waals surface area (Å²) in [6.07, 6.45) is 8.63. The Morgan fingerprint density at radius 3 is 2.13 bits per heavy atom. The third-order valence-corrected chi connectivity index (χ3v) is 4.69. The molecule has 2 bridgehead atoms. The van der Waals surface area contributed by atoms with Gasteiger partial charge in [-0.05, 0) is 56.3 Å². The zero-order valence-corrected chi connectivity index (χ0v) is 10.1. The fraction of sp³-hybridized carbons (Fsp3) is 0.923. The molecule has 2 nitrogen and oxygen atoms in total. The van der Waals surface area contributed by atoms with Crippen LogP contribution in [0, 0.1) is 10.8 Å². The summed E-state index contributed by atoms with van der Waals surface area (Å²) >= 11 is 0. The molecule has 3 rings (SSSR count). The van der Waals surface area contributed by atoms with Crippen molar-refractivity contribution in [2.45, 2.75) is 58.8 Å². The maximum Gasteiger partial charge on any atom is 0.220 e. The first-order chi connectivity index (χ1) is 7.08. The van der Waals surface area contributed by atoms with Crippen LogP contribution in [0.2, 0.25) is 0 Å². The van der Waals surface area contributed by atoms with Gasteiger partial charge in [-0.1, -0.05) is 6.92 Å². The van der Waals surface area contributed by atoms with Gasteiger partial charge < -0.3 is 5.32 Å². The zero-order chi connectivity index (χ0) is 10.9. The molecule has 3 aliphatic rings. The maximum atomic E-state index is 11.7. The zero-order valence-electron chi connectivity index (χ0n) is 10.1. The van der Waals surface area contributed by atoms with Crippen LogP contribution in [0.3, 0.4) is 0 Å². The van der Waals surface area contributed by atoms with Crippen molar-refractivity contribution in [3.63, 3.8) is 0 Å². The highest BCUT2D eigenvalue weighted by molar-refractivity contribution is 5.76. The van der Waals surface area contributed by atoms with E-state index in [1.54, 1.807) is 0 Å². The largest absolute Gasteiger partial charge is 0.356 e. The van der Waals surface area contributed by atoms with Crippen molar-refractivity contribution >= 4 is 5.91 Å². The lowest BCUT2D eigenvalue weighted by Crippen LogP contribution is -2.42. The number of carbonyl (C=O) groups excluding carboxylic acids is 1. The number of amides is 1. The Hall–Kier alpha value is -0.530. The van der Waals surface area contributed by atoms with E-state index in [-0.39, 0.29) is 5.91 Å². The van der Waals surface area contributed by atoms with Crippen LogP contribution in [-0.2, 0) is 4.79 Å². The van der Waals surface area contributed by atoms with Crippen molar-refractivity contribution < 1.29 is 4.79 Å². The molecule has 1 N–H and O–H groups in total. The van der Waals surface area contributed by atoms with Crippen LogP contribution < -0.4 is 5.32 Å². The smallest absolute Gasteiger partial charge is 0.220 e. The summed E-state index contributed by atoms with van der Waals surface area (Å²) in [5.74, 6) is 0.267. The number of rotatable bonds is 3. The van der Waals surface area contributed by atoms with E-state index in [4.69, 9.17) is 0 Å². The molecular formula is C13H23NO. The summed E-state index contributed by atoms with van der Waals surface area (Å²) in [7, 11) is 0. The second-order valence-corrected chi connectivity index (χ2v) is 5.94. The number of fused-ring (bicyclic) bond motifs is 3. The van der Waals surface area contributed by atoms with Gasteiger partial charge in [0.15, 0.2) is 0 Å². The molecule has 15 heavy (non-hydrogen) atoms. The molecule has 2 heteroatoms. The minimum atomic E-state index is 0.267. The SMILES string of the molecule is CCNC(=O)CC12CCC(C)(CC1)CC2. The van der Waals surface area contributed by atoms with E-state index in [1.165, 1.54) is 38.5 Å². The summed E-state index contributed by atoms with van der Waals surface area (Å²) in [6.45, 7) is 5.18. The maximum absolute atomic E-state index is 11.7. The van der Waals surface area contributed by atoms with E-state index < -0.39 is 0 Å². The molecule has 3 fully saturated rings. The number of nitrogens with one attached hydrogen (secondary N) is 1. The van der Waals surface area contributed by atoms with Gasteiger partial charge in [-0.3, -0.25) is 4.79 Å². The van der Waals surface area contributed by atoms with Gasteiger partial charge in [0.25, 0.3) is 0 Å². The van der Waals surface area contributed by atoms with Crippen LogP contribution in [0.5, 0.6) is 0 Å². The van der Waals surface area contributed by atoms with Crippen LogP contribution in [-0.4, -0.2) is 12.5 Å². The summed E-state index contributed by atoms with van der Waals surface area (Å²) < 4.78 is 0. The Labute approximate surface area is 92.8 Å². The molecule has 3 saturated carbocycles. The lowest BCUT2D eigenvalue weighted by Gasteiger charge is -2.52. The first-order valence-corrected chi connectivity index (χ1v) is 6.34. The molecule has 0 spiro atoms. The highest BCUT2D eigenvalue weighted by atomic mass is 16.1. The lowest BCUT2D eigenvalue weighted by atomic mass is 9.53. The Morgan fingerprint density at radius 2 is 1.67 bits per heavy atom. The first-order valence-electron chi connectivity index (χ1n) is 6.34. The molecule has 0 radical (unpaired) electrons. The van der Waals surface area contributed by atoms with Gasteiger partial charge in [0, 0.05) is 13.0 Å². The van der Waals surface area contributed by atoms with E-state index in [0.29, 0.717) is 10.8 Å². The Kier molecular flexibility index (Phi) is 2.78. The fourth-order valence-corrected chi connectivity index (χ4v) is 3.32. The van der Waals surface area contributed by atoms with Crippen molar-refractivity contribution in [2.75, 3.05) is 6.54 Å². The average Bonchev–Trinajstić information content (AvgIpc) is 2.21. The number of hydrogen-bond acceptors (Lipinski definition) is 1.